The molecule has 3 rings (SSSR count). The van der Waals surface area contributed by atoms with Gasteiger partial charge in [0.25, 0.3) is 0 Å². The highest BCUT2D eigenvalue weighted by Crippen LogP contribution is 2.43. The van der Waals surface area contributed by atoms with Gasteiger partial charge in [-0.15, -0.1) is 0 Å². The predicted molar refractivity (Wildman–Crippen MR) is 89.7 cm³/mol. The van der Waals surface area contributed by atoms with E-state index >= 15 is 0 Å². The van der Waals surface area contributed by atoms with Gasteiger partial charge < -0.3 is 5.32 Å². The van der Waals surface area contributed by atoms with E-state index in [1.165, 1.54) is 27.7 Å². The summed E-state index contributed by atoms with van der Waals surface area (Å²) in [6.45, 7) is 0. The summed E-state index contributed by atoms with van der Waals surface area (Å²) in [7, 11) is 0. The van der Waals surface area contributed by atoms with Crippen molar-refractivity contribution >= 4 is 39.9 Å². The molecule has 1 nitrogen and oxygen atoms in total. The molecule has 0 aromatic heterocycles. The van der Waals surface area contributed by atoms with Crippen LogP contribution in [0.5, 0.6) is 0 Å². The van der Waals surface area contributed by atoms with Crippen LogP contribution in [0.1, 0.15) is 24.4 Å². The highest BCUT2D eigenvalue weighted by Gasteiger charge is 2.32. The Bertz CT molecular complexity index is 563. The van der Waals surface area contributed by atoms with E-state index in [-0.39, 0.29) is 0 Å². The van der Waals surface area contributed by atoms with Crippen LogP contribution in [0, 0.1) is 9.49 Å². The summed E-state index contributed by atoms with van der Waals surface area (Å²) in [5.74, 6) is 0.747. The van der Waals surface area contributed by atoms with Gasteiger partial charge in [-0.25, -0.2) is 0 Å². The van der Waals surface area contributed by atoms with Crippen LogP contribution in [0.2, 0.25) is 5.02 Å². The Morgan fingerprint density at radius 1 is 1.05 bits per heavy atom. The van der Waals surface area contributed by atoms with Crippen LogP contribution in [0.3, 0.4) is 0 Å². The highest BCUT2D eigenvalue weighted by molar-refractivity contribution is 14.1. The fourth-order valence-corrected chi connectivity index (χ4v) is 2.99. The maximum atomic E-state index is 5.98. The molecular weight excluding hydrogens is 369 g/mol. The van der Waals surface area contributed by atoms with Crippen molar-refractivity contribution in [1.82, 2.24) is 0 Å². The zero-order valence-corrected chi connectivity index (χ0v) is 13.4. The number of hydrogen-bond acceptors (Lipinski definition) is 1. The second kappa shape index (κ2) is 5.71. The summed E-state index contributed by atoms with van der Waals surface area (Å²) in [4.78, 5) is 0. The van der Waals surface area contributed by atoms with Gasteiger partial charge in [-0.3, -0.25) is 0 Å². The molecule has 3 heteroatoms. The predicted octanol–water partition coefficient (Wildman–Crippen LogP) is 5.51. The Balaban J connectivity index is 1.86. The third-order valence-corrected chi connectivity index (χ3v) is 4.70. The van der Waals surface area contributed by atoms with Crippen molar-refractivity contribution in [3.05, 3.63) is 62.7 Å². The van der Waals surface area contributed by atoms with E-state index in [9.17, 15) is 0 Å². The van der Waals surface area contributed by atoms with Crippen LogP contribution in [-0.4, -0.2) is 0 Å². The Labute approximate surface area is 132 Å². The zero-order valence-electron chi connectivity index (χ0n) is 10.4. The van der Waals surface area contributed by atoms with Gasteiger partial charge in [-0.2, -0.15) is 0 Å². The highest BCUT2D eigenvalue weighted by atomic mass is 127. The molecule has 1 aliphatic carbocycles. The lowest BCUT2D eigenvalue weighted by Crippen LogP contribution is -2.13. The van der Waals surface area contributed by atoms with Crippen LogP contribution in [-0.2, 0) is 0 Å². The minimum absolute atomic E-state index is 0.396. The van der Waals surface area contributed by atoms with Gasteiger partial charge in [0, 0.05) is 14.3 Å². The minimum Gasteiger partial charge on any atom is -0.377 e. The van der Waals surface area contributed by atoms with E-state index in [0.29, 0.717) is 6.04 Å². The van der Waals surface area contributed by atoms with Gasteiger partial charge in [-0.1, -0.05) is 35.9 Å². The van der Waals surface area contributed by atoms with E-state index in [1.807, 2.05) is 12.1 Å². The first-order valence-electron chi connectivity index (χ1n) is 6.50. The molecular formula is C16H15ClIN. The summed E-state index contributed by atoms with van der Waals surface area (Å²) < 4.78 is 1.26. The van der Waals surface area contributed by atoms with E-state index in [1.54, 1.807) is 0 Å². The molecule has 1 atom stereocenters. The summed E-state index contributed by atoms with van der Waals surface area (Å²) in [6, 6.07) is 17.0. The Morgan fingerprint density at radius 2 is 1.74 bits per heavy atom. The summed E-state index contributed by atoms with van der Waals surface area (Å²) in [6.07, 6.45) is 2.62. The molecule has 0 heterocycles. The molecule has 1 saturated carbocycles. The normalized spacial score (nSPS) is 16.1. The Hall–Kier alpha value is -0.740. The molecule has 19 heavy (non-hydrogen) atoms. The number of halogens is 2. The average Bonchev–Trinajstić information content (AvgIpc) is 3.24. The lowest BCUT2D eigenvalue weighted by molar-refractivity contribution is 0.678. The van der Waals surface area contributed by atoms with E-state index in [4.69, 9.17) is 11.6 Å². The second-order valence-electron chi connectivity index (χ2n) is 4.99. The lowest BCUT2D eigenvalue weighted by Gasteiger charge is -2.21. The van der Waals surface area contributed by atoms with E-state index in [2.05, 4.69) is 64.3 Å². The fraction of sp³-hybridized carbons (Fsp3) is 0.250. The average molecular weight is 384 g/mol. The third kappa shape index (κ3) is 3.23. The molecule has 0 aliphatic heterocycles. The molecule has 0 spiro atoms. The van der Waals surface area contributed by atoms with Gasteiger partial charge >= 0.3 is 0 Å². The molecule has 1 aliphatic rings. The van der Waals surface area contributed by atoms with Crippen molar-refractivity contribution in [1.29, 1.82) is 0 Å². The first-order chi connectivity index (χ1) is 9.24. The monoisotopic (exact) mass is 383 g/mol. The maximum absolute atomic E-state index is 5.98. The summed E-state index contributed by atoms with van der Waals surface area (Å²) in [5, 5.41) is 4.49. The number of rotatable bonds is 4. The van der Waals surface area contributed by atoms with Gasteiger partial charge in [-0.05, 0) is 71.2 Å². The number of benzene rings is 2. The van der Waals surface area contributed by atoms with Crippen LogP contribution in [0.15, 0.2) is 48.5 Å². The van der Waals surface area contributed by atoms with Crippen molar-refractivity contribution < 1.29 is 0 Å². The van der Waals surface area contributed by atoms with Gasteiger partial charge in [0.2, 0.25) is 0 Å². The molecule has 98 valence electrons. The van der Waals surface area contributed by atoms with Crippen LogP contribution >= 0.6 is 34.2 Å². The molecule has 1 fully saturated rings. The molecule has 0 saturated heterocycles. The molecule has 2 aromatic carbocycles. The quantitative estimate of drug-likeness (QED) is 0.687. The van der Waals surface area contributed by atoms with Crippen LogP contribution in [0.25, 0.3) is 0 Å². The largest absolute Gasteiger partial charge is 0.377 e. The van der Waals surface area contributed by atoms with Crippen LogP contribution < -0.4 is 5.32 Å². The van der Waals surface area contributed by atoms with Gasteiger partial charge in [0.05, 0.1) is 6.04 Å². The Kier molecular flexibility index (Phi) is 3.99. The third-order valence-electron chi connectivity index (χ3n) is 3.51. The lowest BCUT2D eigenvalue weighted by atomic mass is 10.0. The molecule has 0 radical (unpaired) electrons. The molecule has 0 amide bonds. The van der Waals surface area contributed by atoms with Gasteiger partial charge in [0.15, 0.2) is 0 Å². The summed E-state index contributed by atoms with van der Waals surface area (Å²) >= 11 is 8.35. The Morgan fingerprint density at radius 3 is 2.37 bits per heavy atom. The number of nitrogens with one attached hydrogen (secondary N) is 1. The van der Waals surface area contributed by atoms with E-state index in [0.717, 1.165) is 10.9 Å². The first-order valence-corrected chi connectivity index (χ1v) is 7.96. The van der Waals surface area contributed by atoms with Crippen molar-refractivity contribution in [2.75, 3.05) is 5.32 Å². The standard InChI is InChI=1S/C16H15ClIN/c17-13-9-7-12(8-10-13)16(11-5-6-11)19-15-4-2-1-3-14(15)18/h1-4,7-11,16,19H,5-6H2. The fourth-order valence-electron chi connectivity index (χ4n) is 2.32. The smallest absolute Gasteiger partial charge is 0.0542 e. The molecule has 1 unspecified atom stereocenters. The minimum atomic E-state index is 0.396. The van der Waals surface area contributed by atoms with Gasteiger partial charge in [0.1, 0.15) is 0 Å². The number of para-hydroxylation sites is 1. The van der Waals surface area contributed by atoms with Crippen molar-refractivity contribution in [2.24, 2.45) is 5.92 Å². The van der Waals surface area contributed by atoms with Crippen LogP contribution in [0.4, 0.5) is 5.69 Å². The SMILES string of the molecule is Clc1ccc(C(Nc2ccccc2I)C2CC2)cc1. The first kappa shape index (κ1) is 13.3. The summed E-state index contributed by atoms with van der Waals surface area (Å²) in [5.41, 5.74) is 2.54. The van der Waals surface area contributed by atoms with E-state index < -0.39 is 0 Å². The van der Waals surface area contributed by atoms with Crippen molar-refractivity contribution in [2.45, 2.75) is 18.9 Å². The number of hydrogen-bond donors (Lipinski definition) is 1. The van der Waals surface area contributed by atoms with Crippen molar-refractivity contribution in [3.8, 4) is 0 Å². The molecule has 1 N–H and O–H groups in total. The maximum Gasteiger partial charge on any atom is 0.0542 e. The topological polar surface area (TPSA) is 12.0 Å². The molecule has 0 bridgehead atoms. The second-order valence-corrected chi connectivity index (χ2v) is 6.59. The van der Waals surface area contributed by atoms with Crippen molar-refractivity contribution in [3.63, 3.8) is 0 Å². The number of anilines is 1. The zero-order chi connectivity index (χ0) is 13.2. The molecule has 2 aromatic rings.